The molecule has 0 unspecified atom stereocenters. The number of carbonyl (C=O) groups excluding carboxylic acids is 1. The van der Waals surface area contributed by atoms with Crippen LogP contribution in [0.5, 0.6) is 0 Å². The molecule has 4 heterocycles. The molecule has 3 aromatic heterocycles. The molecular weight excluding hydrogens is 298 g/mol. The predicted octanol–water partition coefficient (Wildman–Crippen LogP) is 0.0537. The first kappa shape index (κ1) is 13.7. The maximum Gasteiger partial charge on any atom is 0.274 e. The van der Waals surface area contributed by atoms with Gasteiger partial charge in [0.1, 0.15) is 5.69 Å². The Morgan fingerprint density at radius 3 is 2.65 bits per heavy atom. The largest absolute Gasteiger partial charge is 0.378 e. The quantitative estimate of drug-likeness (QED) is 0.659. The summed E-state index contributed by atoms with van der Waals surface area (Å²) in [6, 6.07) is 5.07. The van der Waals surface area contributed by atoms with Gasteiger partial charge in [-0.25, -0.2) is 9.97 Å². The molecule has 0 atom stereocenters. The lowest BCUT2D eigenvalue weighted by atomic mass is 10.3. The van der Waals surface area contributed by atoms with Crippen molar-refractivity contribution in [2.45, 2.75) is 0 Å². The molecule has 0 bridgehead atoms. The van der Waals surface area contributed by atoms with E-state index in [9.17, 15) is 4.79 Å². The number of hydrogen-bond acceptors (Lipinski definition) is 7. The molecule has 1 fully saturated rings. The highest BCUT2D eigenvalue weighted by Gasteiger charge is 2.21. The van der Waals surface area contributed by atoms with Crippen molar-refractivity contribution in [1.29, 1.82) is 0 Å². The zero-order chi connectivity index (χ0) is 15.6. The molecular formula is C14H13N7O2. The monoisotopic (exact) mass is 311 g/mol. The Labute approximate surface area is 130 Å². The second-order valence-corrected chi connectivity index (χ2v) is 4.99. The standard InChI is InChI=1S/C14H13N7O2/c22-14(20-6-8-23-9-7-20)10-2-3-11-17-18-13(21(11)19-10)12-15-4-1-5-16-12/h1-5H,6-9H2. The van der Waals surface area contributed by atoms with Crippen LogP contribution in [-0.2, 0) is 4.74 Å². The molecule has 1 aliphatic rings. The number of aromatic nitrogens is 6. The zero-order valence-corrected chi connectivity index (χ0v) is 12.2. The van der Waals surface area contributed by atoms with Gasteiger partial charge in [-0.3, -0.25) is 4.79 Å². The summed E-state index contributed by atoms with van der Waals surface area (Å²) in [7, 11) is 0. The molecule has 23 heavy (non-hydrogen) atoms. The number of morpholine rings is 1. The van der Waals surface area contributed by atoms with Gasteiger partial charge in [0.05, 0.1) is 13.2 Å². The molecule has 4 rings (SSSR count). The molecule has 116 valence electrons. The summed E-state index contributed by atoms with van der Waals surface area (Å²) >= 11 is 0. The van der Waals surface area contributed by atoms with Gasteiger partial charge in [0.2, 0.25) is 5.82 Å². The summed E-state index contributed by atoms with van der Waals surface area (Å²) in [5.74, 6) is 0.671. The number of hydrogen-bond donors (Lipinski definition) is 0. The van der Waals surface area contributed by atoms with Gasteiger partial charge >= 0.3 is 0 Å². The van der Waals surface area contributed by atoms with Crippen LogP contribution in [0.2, 0.25) is 0 Å². The fraction of sp³-hybridized carbons (Fsp3) is 0.286. The minimum Gasteiger partial charge on any atom is -0.378 e. The molecule has 9 heteroatoms. The van der Waals surface area contributed by atoms with Crippen LogP contribution in [0.1, 0.15) is 10.5 Å². The van der Waals surface area contributed by atoms with Gasteiger partial charge in [0, 0.05) is 25.5 Å². The first-order chi connectivity index (χ1) is 11.3. The van der Waals surface area contributed by atoms with E-state index in [0.29, 0.717) is 49.3 Å². The number of fused-ring (bicyclic) bond motifs is 1. The lowest BCUT2D eigenvalue weighted by molar-refractivity contribution is 0.0298. The highest BCUT2D eigenvalue weighted by molar-refractivity contribution is 5.92. The molecule has 9 nitrogen and oxygen atoms in total. The van der Waals surface area contributed by atoms with Gasteiger partial charge in [-0.05, 0) is 18.2 Å². The maximum absolute atomic E-state index is 12.5. The van der Waals surface area contributed by atoms with Crippen LogP contribution in [0.25, 0.3) is 17.3 Å². The highest BCUT2D eigenvalue weighted by Crippen LogP contribution is 2.13. The second kappa shape index (κ2) is 5.69. The molecule has 0 spiro atoms. The van der Waals surface area contributed by atoms with E-state index in [1.807, 2.05) is 0 Å². The summed E-state index contributed by atoms with van der Waals surface area (Å²) in [6.45, 7) is 2.22. The highest BCUT2D eigenvalue weighted by atomic mass is 16.5. The minimum absolute atomic E-state index is 0.135. The van der Waals surface area contributed by atoms with E-state index in [1.165, 1.54) is 4.52 Å². The summed E-state index contributed by atoms with van der Waals surface area (Å²) in [4.78, 5) is 22.6. The number of ether oxygens (including phenoxy) is 1. The van der Waals surface area contributed by atoms with Gasteiger partial charge in [0.25, 0.3) is 5.91 Å². The first-order valence-electron chi connectivity index (χ1n) is 7.20. The Hall–Kier alpha value is -2.94. The van der Waals surface area contributed by atoms with E-state index in [0.717, 1.165) is 0 Å². The van der Waals surface area contributed by atoms with Crippen molar-refractivity contribution in [3.8, 4) is 11.6 Å². The van der Waals surface area contributed by atoms with E-state index in [1.54, 1.807) is 35.5 Å². The van der Waals surface area contributed by atoms with Crippen LogP contribution >= 0.6 is 0 Å². The number of carbonyl (C=O) groups is 1. The van der Waals surface area contributed by atoms with Crippen LogP contribution in [0.15, 0.2) is 30.6 Å². The fourth-order valence-electron chi connectivity index (χ4n) is 2.39. The lowest BCUT2D eigenvalue weighted by Gasteiger charge is -2.26. The minimum atomic E-state index is -0.135. The first-order valence-corrected chi connectivity index (χ1v) is 7.20. The fourth-order valence-corrected chi connectivity index (χ4v) is 2.39. The molecule has 1 amide bonds. The van der Waals surface area contributed by atoms with Crippen molar-refractivity contribution < 1.29 is 9.53 Å². The SMILES string of the molecule is O=C(c1ccc2nnc(-c3ncccn3)n2n1)N1CCOCC1. The van der Waals surface area contributed by atoms with Gasteiger partial charge in [-0.1, -0.05) is 0 Å². The van der Waals surface area contributed by atoms with Crippen LogP contribution in [0.3, 0.4) is 0 Å². The second-order valence-electron chi connectivity index (χ2n) is 4.99. The van der Waals surface area contributed by atoms with E-state index in [4.69, 9.17) is 4.74 Å². The van der Waals surface area contributed by atoms with Crippen LogP contribution in [-0.4, -0.2) is 66.9 Å². The van der Waals surface area contributed by atoms with Crippen molar-refractivity contribution >= 4 is 11.6 Å². The lowest BCUT2D eigenvalue weighted by Crippen LogP contribution is -2.41. The Kier molecular flexibility index (Phi) is 3.39. The summed E-state index contributed by atoms with van der Waals surface area (Å²) in [5, 5.41) is 12.5. The van der Waals surface area contributed by atoms with Crippen LogP contribution in [0, 0.1) is 0 Å². The predicted molar refractivity (Wildman–Crippen MR) is 78.5 cm³/mol. The molecule has 1 saturated heterocycles. The van der Waals surface area contributed by atoms with Gasteiger partial charge < -0.3 is 9.64 Å². The molecule has 0 saturated carbocycles. The Morgan fingerprint density at radius 1 is 1.09 bits per heavy atom. The van der Waals surface area contributed by atoms with Gasteiger partial charge in [0.15, 0.2) is 11.5 Å². The number of amides is 1. The van der Waals surface area contributed by atoms with Crippen molar-refractivity contribution in [3.05, 3.63) is 36.3 Å². The summed E-state index contributed by atoms with van der Waals surface area (Å²) < 4.78 is 6.75. The third kappa shape index (κ3) is 2.50. The summed E-state index contributed by atoms with van der Waals surface area (Å²) in [5.41, 5.74) is 0.863. The third-order valence-corrected chi connectivity index (χ3v) is 3.55. The van der Waals surface area contributed by atoms with Crippen molar-refractivity contribution in [1.82, 2.24) is 34.7 Å². The molecule has 0 aromatic carbocycles. The van der Waals surface area contributed by atoms with Crippen LogP contribution < -0.4 is 0 Å². The van der Waals surface area contributed by atoms with Gasteiger partial charge in [-0.15, -0.1) is 10.2 Å². The maximum atomic E-state index is 12.5. The van der Waals surface area contributed by atoms with Crippen molar-refractivity contribution in [3.63, 3.8) is 0 Å². The van der Waals surface area contributed by atoms with Crippen molar-refractivity contribution in [2.24, 2.45) is 0 Å². The van der Waals surface area contributed by atoms with E-state index in [-0.39, 0.29) is 5.91 Å². The van der Waals surface area contributed by atoms with E-state index in [2.05, 4.69) is 25.3 Å². The number of rotatable bonds is 2. The molecule has 0 radical (unpaired) electrons. The third-order valence-electron chi connectivity index (χ3n) is 3.55. The average molecular weight is 311 g/mol. The topological polar surface area (TPSA) is 98.4 Å². The Balaban J connectivity index is 1.73. The van der Waals surface area contributed by atoms with Crippen LogP contribution in [0.4, 0.5) is 0 Å². The van der Waals surface area contributed by atoms with Gasteiger partial charge in [-0.2, -0.15) is 9.61 Å². The molecule has 3 aromatic rings. The Bertz CT molecular complexity index is 843. The van der Waals surface area contributed by atoms with Crippen molar-refractivity contribution in [2.75, 3.05) is 26.3 Å². The smallest absolute Gasteiger partial charge is 0.274 e. The Morgan fingerprint density at radius 2 is 1.87 bits per heavy atom. The molecule has 1 aliphatic heterocycles. The average Bonchev–Trinajstić information content (AvgIpc) is 3.05. The van der Waals surface area contributed by atoms with E-state index < -0.39 is 0 Å². The van der Waals surface area contributed by atoms with E-state index >= 15 is 0 Å². The molecule has 0 N–H and O–H groups in total. The zero-order valence-electron chi connectivity index (χ0n) is 12.2. The molecule has 0 aliphatic carbocycles. The number of nitrogens with zero attached hydrogens (tertiary/aromatic N) is 7. The summed E-state index contributed by atoms with van der Waals surface area (Å²) in [6.07, 6.45) is 3.23. The normalized spacial score (nSPS) is 15.0.